The Morgan fingerprint density at radius 3 is 2.14 bits per heavy atom. The summed E-state index contributed by atoms with van der Waals surface area (Å²) in [6.07, 6.45) is 0. The van der Waals surface area contributed by atoms with Crippen molar-refractivity contribution in [2.75, 3.05) is 10.2 Å². The molecule has 0 aromatic heterocycles. The van der Waals surface area contributed by atoms with Crippen molar-refractivity contribution >= 4 is 29.1 Å². The van der Waals surface area contributed by atoms with Crippen molar-refractivity contribution in [2.24, 2.45) is 0 Å². The van der Waals surface area contributed by atoms with E-state index in [0.29, 0.717) is 22.5 Å². The van der Waals surface area contributed by atoms with Crippen LogP contribution in [0.15, 0.2) is 42.5 Å². The van der Waals surface area contributed by atoms with E-state index >= 15 is 0 Å². The van der Waals surface area contributed by atoms with Crippen LogP contribution in [0, 0.1) is 6.92 Å². The van der Waals surface area contributed by atoms with E-state index in [1.165, 1.54) is 6.92 Å². The summed E-state index contributed by atoms with van der Waals surface area (Å²) in [5, 5.41) is 2.66. The second kappa shape index (κ2) is 5.11. The molecule has 0 aliphatic carbocycles. The molecule has 5 heteroatoms. The molecule has 0 spiro atoms. The standard InChI is InChI=1S/C17H14N2O3/c1-10-7-8-14(18-11(2)20)15(9-10)19-16(21)12-5-3-4-6-13(12)17(19)22/h3-9H,1-2H3,(H,18,20). The minimum atomic E-state index is -0.377. The van der Waals surface area contributed by atoms with Crippen molar-refractivity contribution in [1.29, 1.82) is 0 Å². The molecule has 1 heterocycles. The van der Waals surface area contributed by atoms with Gasteiger partial charge in [-0.05, 0) is 36.8 Å². The third kappa shape index (κ3) is 2.16. The number of carbonyl (C=O) groups is 3. The van der Waals surface area contributed by atoms with Crippen molar-refractivity contribution in [2.45, 2.75) is 13.8 Å². The Morgan fingerprint density at radius 1 is 1.00 bits per heavy atom. The zero-order chi connectivity index (χ0) is 15.9. The van der Waals surface area contributed by atoms with Gasteiger partial charge in [0.05, 0.1) is 22.5 Å². The second-order valence-electron chi connectivity index (χ2n) is 5.19. The molecule has 0 fully saturated rings. The minimum absolute atomic E-state index is 0.262. The molecule has 0 atom stereocenters. The van der Waals surface area contributed by atoms with E-state index in [4.69, 9.17) is 0 Å². The Hall–Kier alpha value is -2.95. The Labute approximate surface area is 127 Å². The number of hydrogen-bond acceptors (Lipinski definition) is 3. The average molecular weight is 294 g/mol. The van der Waals surface area contributed by atoms with Crippen LogP contribution in [0.2, 0.25) is 0 Å². The van der Waals surface area contributed by atoms with Gasteiger partial charge in [-0.1, -0.05) is 18.2 Å². The number of imide groups is 1. The molecule has 110 valence electrons. The van der Waals surface area contributed by atoms with Crippen LogP contribution in [0.5, 0.6) is 0 Å². The Balaban J connectivity index is 2.13. The number of fused-ring (bicyclic) bond motifs is 1. The molecule has 3 amide bonds. The van der Waals surface area contributed by atoms with Crippen LogP contribution >= 0.6 is 0 Å². The molecule has 0 radical (unpaired) electrons. The Morgan fingerprint density at radius 2 is 1.59 bits per heavy atom. The van der Waals surface area contributed by atoms with Crippen LogP contribution in [-0.4, -0.2) is 17.7 Å². The highest BCUT2D eigenvalue weighted by molar-refractivity contribution is 6.35. The van der Waals surface area contributed by atoms with Crippen LogP contribution in [0.3, 0.4) is 0 Å². The third-order valence-corrected chi connectivity index (χ3v) is 3.50. The number of anilines is 2. The van der Waals surface area contributed by atoms with E-state index in [1.807, 2.05) is 13.0 Å². The minimum Gasteiger partial charge on any atom is -0.325 e. The highest BCUT2D eigenvalue weighted by Gasteiger charge is 2.37. The van der Waals surface area contributed by atoms with Gasteiger partial charge in [-0.15, -0.1) is 0 Å². The van der Waals surface area contributed by atoms with Crippen molar-refractivity contribution in [3.63, 3.8) is 0 Å². The van der Waals surface area contributed by atoms with E-state index in [2.05, 4.69) is 5.32 Å². The topological polar surface area (TPSA) is 66.5 Å². The summed E-state index contributed by atoms with van der Waals surface area (Å²) in [6.45, 7) is 3.24. The molecule has 3 rings (SSSR count). The van der Waals surface area contributed by atoms with E-state index in [1.54, 1.807) is 36.4 Å². The van der Waals surface area contributed by atoms with Gasteiger partial charge in [0.15, 0.2) is 0 Å². The highest BCUT2D eigenvalue weighted by atomic mass is 16.2. The summed E-state index contributed by atoms with van der Waals surface area (Å²) in [6, 6.07) is 11.9. The lowest BCUT2D eigenvalue weighted by Gasteiger charge is -2.19. The molecule has 0 saturated carbocycles. The first-order valence-corrected chi connectivity index (χ1v) is 6.85. The molecular weight excluding hydrogens is 280 g/mol. The summed E-state index contributed by atoms with van der Waals surface area (Å²) in [4.78, 5) is 37.6. The van der Waals surface area contributed by atoms with Gasteiger partial charge in [-0.25, -0.2) is 4.90 Å². The summed E-state index contributed by atoms with van der Waals surface area (Å²) in [5.41, 5.74) is 2.47. The predicted octanol–water partition coefficient (Wildman–Crippen LogP) is 2.75. The van der Waals surface area contributed by atoms with Crippen LogP contribution in [0.25, 0.3) is 0 Å². The van der Waals surface area contributed by atoms with Gasteiger partial charge in [0, 0.05) is 6.92 Å². The summed E-state index contributed by atoms with van der Waals surface area (Å²) in [7, 11) is 0. The smallest absolute Gasteiger partial charge is 0.266 e. The normalized spacial score (nSPS) is 13.3. The van der Waals surface area contributed by atoms with Crippen LogP contribution in [0.1, 0.15) is 33.2 Å². The monoisotopic (exact) mass is 294 g/mol. The summed E-state index contributed by atoms with van der Waals surface area (Å²) in [5.74, 6) is -1.02. The number of aryl methyl sites for hydroxylation is 1. The fraction of sp³-hybridized carbons (Fsp3) is 0.118. The van der Waals surface area contributed by atoms with Crippen molar-refractivity contribution < 1.29 is 14.4 Å². The molecule has 1 aliphatic heterocycles. The zero-order valence-electron chi connectivity index (χ0n) is 12.2. The lowest BCUT2D eigenvalue weighted by Crippen LogP contribution is -2.30. The van der Waals surface area contributed by atoms with Crippen molar-refractivity contribution in [3.8, 4) is 0 Å². The molecule has 0 unspecified atom stereocenters. The number of rotatable bonds is 2. The van der Waals surface area contributed by atoms with Gasteiger partial charge in [-0.2, -0.15) is 0 Å². The largest absolute Gasteiger partial charge is 0.325 e. The maximum Gasteiger partial charge on any atom is 0.266 e. The predicted molar refractivity (Wildman–Crippen MR) is 83.1 cm³/mol. The maximum absolute atomic E-state index is 12.5. The van der Waals surface area contributed by atoms with E-state index in [9.17, 15) is 14.4 Å². The number of amides is 3. The second-order valence-corrected chi connectivity index (χ2v) is 5.19. The van der Waals surface area contributed by atoms with Crippen LogP contribution < -0.4 is 10.2 Å². The summed E-state index contributed by atoms with van der Waals surface area (Å²) < 4.78 is 0. The van der Waals surface area contributed by atoms with E-state index < -0.39 is 0 Å². The number of carbonyl (C=O) groups excluding carboxylic acids is 3. The Bertz CT molecular complexity index is 776. The zero-order valence-corrected chi connectivity index (χ0v) is 12.2. The number of nitrogens with zero attached hydrogens (tertiary/aromatic N) is 1. The number of nitrogens with one attached hydrogen (secondary N) is 1. The first-order chi connectivity index (χ1) is 10.5. The first-order valence-electron chi connectivity index (χ1n) is 6.85. The number of hydrogen-bond donors (Lipinski definition) is 1. The van der Waals surface area contributed by atoms with Gasteiger partial charge >= 0.3 is 0 Å². The molecule has 1 aliphatic rings. The third-order valence-electron chi connectivity index (χ3n) is 3.50. The molecule has 2 aromatic carbocycles. The maximum atomic E-state index is 12.5. The van der Waals surface area contributed by atoms with E-state index in [-0.39, 0.29) is 17.7 Å². The van der Waals surface area contributed by atoms with Gasteiger partial charge in [0.25, 0.3) is 11.8 Å². The highest BCUT2D eigenvalue weighted by Crippen LogP contribution is 2.34. The first kappa shape index (κ1) is 14.0. The lowest BCUT2D eigenvalue weighted by molar-refractivity contribution is -0.114. The lowest BCUT2D eigenvalue weighted by atomic mass is 10.1. The Kier molecular flexibility index (Phi) is 3.25. The molecule has 1 N–H and O–H groups in total. The van der Waals surface area contributed by atoms with Gasteiger partial charge < -0.3 is 5.32 Å². The fourth-order valence-corrected chi connectivity index (χ4v) is 2.53. The molecule has 0 saturated heterocycles. The molecule has 0 bridgehead atoms. The van der Waals surface area contributed by atoms with Crippen molar-refractivity contribution in [3.05, 3.63) is 59.2 Å². The van der Waals surface area contributed by atoms with Gasteiger partial charge in [-0.3, -0.25) is 14.4 Å². The van der Waals surface area contributed by atoms with E-state index in [0.717, 1.165) is 10.5 Å². The SMILES string of the molecule is CC(=O)Nc1ccc(C)cc1N1C(=O)c2ccccc2C1=O. The van der Waals surface area contributed by atoms with Gasteiger partial charge in [0.2, 0.25) is 5.91 Å². The fourth-order valence-electron chi connectivity index (χ4n) is 2.53. The molecular formula is C17H14N2O3. The summed E-state index contributed by atoms with van der Waals surface area (Å²) >= 11 is 0. The van der Waals surface area contributed by atoms with Crippen LogP contribution in [0.4, 0.5) is 11.4 Å². The molecule has 22 heavy (non-hydrogen) atoms. The quantitative estimate of drug-likeness (QED) is 0.866. The van der Waals surface area contributed by atoms with Crippen molar-refractivity contribution in [1.82, 2.24) is 0 Å². The molecule has 2 aromatic rings. The van der Waals surface area contributed by atoms with Crippen LogP contribution in [-0.2, 0) is 4.79 Å². The number of benzene rings is 2. The van der Waals surface area contributed by atoms with Gasteiger partial charge in [0.1, 0.15) is 0 Å². The average Bonchev–Trinajstić information content (AvgIpc) is 2.73. The molecule has 5 nitrogen and oxygen atoms in total.